The third-order valence-corrected chi connectivity index (χ3v) is 4.66. The molecule has 1 aromatic rings. The Labute approximate surface area is 126 Å². The maximum atomic E-state index is 5.99. The minimum atomic E-state index is -0.0322. The van der Waals surface area contributed by atoms with Gasteiger partial charge in [0, 0.05) is 31.7 Å². The molecule has 1 aromatic carbocycles. The Morgan fingerprint density at radius 2 is 2.10 bits per heavy atom. The van der Waals surface area contributed by atoms with Crippen LogP contribution in [0.1, 0.15) is 37.8 Å². The summed E-state index contributed by atoms with van der Waals surface area (Å²) in [7, 11) is 1.70. The van der Waals surface area contributed by atoms with Crippen molar-refractivity contribution < 1.29 is 14.2 Å². The number of methoxy groups -OCH3 is 1. The van der Waals surface area contributed by atoms with Gasteiger partial charge in [0.2, 0.25) is 0 Å². The van der Waals surface area contributed by atoms with Gasteiger partial charge in [0.15, 0.2) is 0 Å². The number of benzene rings is 1. The number of ether oxygens (including phenoxy) is 3. The molecule has 4 nitrogen and oxygen atoms in total. The van der Waals surface area contributed by atoms with Gasteiger partial charge in [0.25, 0.3) is 0 Å². The van der Waals surface area contributed by atoms with Crippen LogP contribution in [0.3, 0.4) is 0 Å². The largest absolute Gasteiger partial charge is 0.497 e. The zero-order chi connectivity index (χ0) is 14.7. The second-order valence-corrected chi connectivity index (χ2v) is 6.19. The van der Waals surface area contributed by atoms with Crippen molar-refractivity contribution in [1.29, 1.82) is 0 Å². The average Bonchev–Trinajstić information content (AvgIpc) is 2.95. The first-order chi connectivity index (χ1) is 10.2. The van der Waals surface area contributed by atoms with Crippen LogP contribution >= 0.6 is 0 Å². The fourth-order valence-electron chi connectivity index (χ4n) is 3.38. The quantitative estimate of drug-likeness (QED) is 0.926. The molecule has 1 N–H and O–H groups in total. The number of hydrogen-bond donors (Lipinski definition) is 1. The summed E-state index contributed by atoms with van der Waals surface area (Å²) in [4.78, 5) is 0. The molecule has 116 valence electrons. The van der Waals surface area contributed by atoms with Gasteiger partial charge < -0.3 is 19.5 Å². The van der Waals surface area contributed by atoms with Crippen LogP contribution in [0.2, 0.25) is 0 Å². The van der Waals surface area contributed by atoms with Crippen molar-refractivity contribution in [2.45, 2.75) is 43.9 Å². The molecule has 0 bridgehead atoms. The SMILES string of the molecule is COc1ccc(C(C)NC2CCOC3(CCOC3)C2)cc1. The highest BCUT2D eigenvalue weighted by Crippen LogP contribution is 2.33. The van der Waals surface area contributed by atoms with E-state index in [1.54, 1.807) is 7.11 Å². The van der Waals surface area contributed by atoms with Crippen LogP contribution in [0.25, 0.3) is 0 Å². The second-order valence-electron chi connectivity index (χ2n) is 6.19. The van der Waals surface area contributed by atoms with E-state index in [9.17, 15) is 0 Å². The second kappa shape index (κ2) is 6.34. The lowest BCUT2D eigenvalue weighted by molar-refractivity contribution is -0.0902. The van der Waals surface area contributed by atoms with Crippen molar-refractivity contribution in [1.82, 2.24) is 5.32 Å². The molecular formula is C17H25NO3. The summed E-state index contributed by atoms with van der Waals surface area (Å²) in [5.74, 6) is 0.902. The minimum Gasteiger partial charge on any atom is -0.497 e. The Bertz CT molecular complexity index is 454. The molecule has 2 heterocycles. The summed E-state index contributed by atoms with van der Waals surface area (Å²) in [6.07, 6.45) is 3.15. The first-order valence-electron chi connectivity index (χ1n) is 7.82. The van der Waals surface area contributed by atoms with Crippen LogP contribution in [0, 0.1) is 0 Å². The molecule has 3 unspecified atom stereocenters. The molecule has 3 atom stereocenters. The number of rotatable bonds is 4. The number of hydrogen-bond acceptors (Lipinski definition) is 4. The molecule has 2 saturated heterocycles. The predicted molar refractivity (Wildman–Crippen MR) is 81.7 cm³/mol. The molecule has 21 heavy (non-hydrogen) atoms. The average molecular weight is 291 g/mol. The molecule has 0 aliphatic carbocycles. The van der Waals surface area contributed by atoms with Gasteiger partial charge in [-0.1, -0.05) is 12.1 Å². The predicted octanol–water partition coefficient (Wildman–Crippen LogP) is 2.68. The standard InChI is InChI=1S/C17H25NO3/c1-13(14-3-5-16(19-2)6-4-14)18-15-7-9-21-17(11-15)8-10-20-12-17/h3-6,13,15,18H,7-12H2,1-2H3. The van der Waals surface area contributed by atoms with Gasteiger partial charge in [-0.05, 0) is 37.5 Å². The van der Waals surface area contributed by atoms with E-state index in [0.717, 1.165) is 44.8 Å². The van der Waals surface area contributed by atoms with E-state index in [1.807, 2.05) is 12.1 Å². The molecule has 0 saturated carbocycles. The van der Waals surface area contributed by atoms with Gasteiger partial charge in [-0.15, -0.1) is 0 Å². The van der Waals surface area contributed by atoms with E-state index >= 15 is 0 Å². The van der Waals surface area contributed by atoms with E-state index in [2.05, 4.69) is 24.4 Å². The number of nitrogens with one attached hydrogen (secondary N) is 1. The van der Waals surface area contributed by atoms with Crippen molar-refractivity contribution in [2.24, 2.45) is 0 Å². The van der Waals surface area contributed by atoms with Crippen molar-refractivity contribution in [3.8, 4) is 5.75 Å². The van der Waals surface area contributed by atoms with Crippen LogP contribution < -0.4 is 10.1 Å². The van der Waals surface area contributed by atoms with E-state index in [1.165, 1.54) is 5.56 Å². The summed E-state index contributed by atoms with van der Waals surface area (Å²) in [5, 5.41) is 3.75. The Balaban J connectivity index is 1.59. The highest BCUT2D eigenvalue weighted by atomic mass is 16.6. The maximum absolute atomic E-state index is 5.99. The van der Waals surface area contributed by atoms with Crippen molar-refractivity contribution in [3.63, 3.8) is 0 Å². The fourth-order valence-corrected chi connectivity index (χ4v) is 3.38. The first-order valence-corrected chi connectivity index (χ1v) is 7.82. The molecular weight excluding hydrogens is 266 g/mol. The lowest BCUT2D eigenvalue weighted by atomic mass is 9.89. The monoisotopic (exact) mass is 291 g/mol. The Morgan fingerprint density at radius 3 is 2.76 bits per heavy atom. The van der Waals surface area contributed by atoms with E-state index in [0.29, 0.717) is 12.1 Å². The molecule has 2 aliphatic rings. The van der Waals surface area contributed by atoms with Gasteiger partial charge >= 0.3 is 0 Å². The summed E-state index contributed by atoms with van der Waals surface area (Å²) in [6.45, 7) is 4.63. The van der Waals surface area contributed by atoms with Crippen LogP contribution in [-0.4, -0.2) is 38.6 Å². The van der Waals surface area contributed by atoms with Gasteiger partial charge in [-0.25, -0.2) is 0 Å². The highest BCUT2D eigenvalue weighted by molar-refractivity contribution is 5.28. The molecule has 0 amide bonds. The van der Waals surface area contributed by atoms with Crippen molar-refractivity contribution >= 4 is 0 Å². The van der Waals surface area contributed by atoms with Gasteiger partial charge in [0.05, 0.1) is 19.3 Å². The molecule has 2 fully saturated rings. The van der Waals surface area contributed by atoms with E-state index < -0.39 is 0 Å². The highest BCUT2D eigenvalue weighted by Gasteiger charge is 2.41. The first kappa shape index (κ1) is 14.8. The third-order valence-electron chi connectivity index (χ3n) is 4.66. The van der Waals surface area contributed by atoms with Crippen molar-refractivity contribution in [2.75, 3.05) is 26.9 Å². The minimum absolute atomic E-state index is 0.0322. The summed E-state index contributed by atoms with van der Waals surface area (Å²) in [6, 6.07) is 9.12. The Kier molecular flexibility index (Phi) is 4.48. The summed E-state index contributed by atoms with van der Waals surface area (Å²) < 4.78 is 16.7. The normalized spacial score (nSPS) is 30.5. The molecule has 2 aliphatic heterocycles. The van der Waals surface area contributed by atoms with Crippen LogP contribution in [0.15, 0.2) is 24.3 Å². The Hall–Kier alpha value is -1.10. The third kappa shape index (κ3) is 3.39. The molecule has 0 aromatic heterocycles. The fraction of sp³-hybridized carbons (Fsp3) is 0.647. The van der Waals surface area contributed by atoms with E-state index in [-0.39, 0.29) is 5.60 Å². The topological polar surface area (TPSA) is 39.7 Å². The van der Waals surface area contributed by atoms with Crippen LogP contribution in [-0.2, 0) is 9.47 Å². The van der Waals surface area contributed by atoms with E-state index in [4.69, 9.17) is 14.2 Å². The summed E-state index contributed by atoms with van der Waals surface area (Å²) in [5.41, 5.74) is 1.26. The van der Waals surface area contributed by atoms with Crippen LogP contribution in [0.5, 0.6) is 5.75 Å². The van der Waals surface area contributed by atoms with Gasteiger partial charge in [0.1, 0.15) is 5.75 Å². The molecule has 0 radical (unpaired) electrons. The van der Waals surface area contributed by atoms with Gasteiger partial charge in [-0.3, -0.25) is 0 Å². The maximum Gasteiger partial charge on any atom is 0.118 e. The smallest absolute Gasteiger partial charge is 0.118 e. The Morgan fingerprint density at radius 1 is 1.29 bits per heavy atom. The van der Waals surface area contributed by atoms with Crippen molar-refractivity contribution in [3.05, 3.63) is 29.8 Å². The molecule has 3 rings (SSSR count). The molecule has 4 heteroatoms. The zero-order valence-corrected chi connectivity index (χ0v) is 12.9. The van der Waals surface area contributed by atoms with Crippen LogP contribution in [0.4, 0.5) is 0 Å². The lowest BCUT2D eigenvalue weighted by Crippen LogP contribution is -2.48. The molecule has 1 spiro atoms. The zero-order valence-electron chi connectivity index (χ0n) is 12.9. The lowest BCUT2D eigenvalue weighted by Gasteiger charge is -2.38. The summed E-state index contributed by atoms with van der Waals surface area (Å²) >= 11 is 0. The van der Waals surface area contributed by atoms with Gasteiger partial charge in [-0.2, -0.15) is 0 Å².